The summed E-state index contributed by atoms with van der Waals surface area (Å²) in [4.78, 5) is 43.6. The normalized spacial score (nSPS) is 19.7. The molecule has 2 saturated heterocycles. The number of nitrogens with one attached hydrogen (secondary N) is 1. The number of carbonyl (C=O) groups is 3. The van der Waals surface area contributed by atoms with Crippen molar-refractivity contribution in [3.8, 4) is 12.3 Å². The van der Waals surface area contributed by atoms with Crippen LogP contribution in [0.1, 0.15) is 25.0 Å². The predicted molar refractivity (Wildman–Crippen MR) is 143 cm³/mol. The van der Waals surface area contributed by atoms with Gasteiger partial charge in [0.05, 0.1) is 32.8 Å². The van der Waals surface area contributed by atoms with E-state index >= 15 is 0 Å². The smallest absolute Gasteiger partial charge is 0.334 e. The molecule has 2 aliphatic heterocycles. The largest absolute Gasteiger partial charge is 0.375 e. The van der Waals surface area contributed by atoms with Crippen LogP contribution < -0.4 is 5.32 Å². The zero-order chi connectivity index (χ0) is 27.9. The van der Waals surface area contributed by atoms with Crippen LogP contribution in [0, 0.1) is 24.1 Å². The van der Waals surface area contributed by atoms with Gasteiger partial charge in [0.25, 0.3) is 0 Å². The van der Waals surface area contributed by atoms with Gasteiger partial charge >= 0.3 is 6.03 Å². The molecule has 2 aromatic rings. The molecule has 2 atom stereocenters. The van der Waals surface area contributed by atoms with Gasteiger partial charge in [-0.15, -0.1) is 6.42 Å². The summed E-state index contributed by atoms with van der Waals surface area (Å²) in [5.41, 5.74) is 1.75. The van der Waals surface area contributed by atoms with Crippen molar-refractivity contribution in [3.05, 3.63) is 71.5 Å². The third-order valence-corrected chi connectivity index (χ3v) is 6.85. The molecule has 39 heavy (non-hydrogen) atoms. The van der Waals surface area contributed by atoms with E-state index in [0.717, 1.165) is 11.1 Å². The van der Waals surface area contributed by atoms with Crippen LogP contribution >= 0.6 is 0 Å². The maximum atomic E-state index is 13.5. The van der Waals surface area contributed by atoms with Gasteiger partial charge in [-0.1, -0.05) is 62.2 Å². The minimum absolute atomic E-state index is 0.0654. The van der Waals surface area contributed by atoms with E-state index in [-0.39, 0.29) is 62.9 Å². The van der Waals surface area contributed by atoms with Gasteiger partial charge in [0.2, 0.25) is 11.8 Å². The molecular weight excluding hydrogens is 501 g/mol. The van der Waals surface area contributed by atoms with Gasteiger partial charge in [-0.2, -0.15) is 5.01 Å². The molecule has 206 valence electrons. The lowest BCUT2D eigenvalue weighted by Gasteiger charge is -2.55. The summed E-state index contributed by atoms with van der Waals surface area (Å²) >= 11 is 0. The van der Waals surface area contributed by atoms with Crippen LogP contribution in [0.3, 0.4) is 0 Å². The fraction of sp³-hybridized carbons (Fsp3) is 0.414. The molecule has 2 aliphatic rings. The number of amides is 4. The van der Waals surface area contributed by atoms with E-state index in [0.29, 0.717) is 6.54 Å². The first kappa shape index (κ1) is 28.1. The lowest BCUT2D eigenvalue weighted by molar-refractivity contribution is -0.192. The molecule has 4 rings (SSSR count). The Labute approximate surface area is 228 Å². The van der Waals surface area contributed by atoms with Crippen molar-refractivity contribution < 1.29 is 23.5 Å². The van der Waals surface area contributed by atoms with E-state index in [1.807, 2.05) is 44.2 Å². The molecule has 10 heteroatoms. The highest BCUT2D eigenvalue weighted by Crippen LogP contribution is 2.29. The first-order chi connectivity index (χ1) is 18.8. The number of terminal acetylenes is 1. The summed E-state index contributed by atoms with van der Waals surface area (Å²) < 4.78 is 18.9. The van der Waals surface area contributed by atoms with Crippen molar-refractivity contribution in [2.45, 2.75) is 39.2 Å². The number of hydrogen-bond acceptors (Lipinski definition) is 5. The number of halogens is 1. The topological polar surface area (TPSA) is 85.4 Å². The van der Waals surface area contributed by atoms with Crippen molar-refractivity contribution in [1.29, 1.82) is 0 Å². The van der Waals surface area contributed by atoms with Crippen LogP contribution in [0.2, 0.25) is 0 Å². The molecule has 0 unspecified atom stereocenters. The Morgan fingerprint density at radius 1 is 1.13 bits per heavy atom. The first-order valence-corrected chi connectivity index (χ1v) is 13.0. The molecule has 0 saturated carbocycles. The van der Waals surface area contributed by atoms with Crippen molar-refractivity contribution >= 4 is 17.8 Å². The van der Waals surface area contributed by atoms with Gasteiger partial charge in [0, 0.05) is 13.1 Å². The van der Waals surface area contributed by atoms with Crippen LogP contribution in [0.25, 0.3) is 0 Å². The number of rotatable bonds is 9. The lowest BCUT2D eigenvalue weighted by atomic mass is 9.96. The van der Waals surface area contributed by atoms with E-state index in [4.69, 9.17) is 11.2 Å². The van der Waals surface area contributed by atoms with E-state index < -0.39 is 18.2 Å². The molecular formula is C29H34FN5O4. The average Bonchev–Trinajstić information content (AvgIpc) is 2.92. The van der Waals surface area contributed by atoms with Gasteiger partial charge in [-0.3, -0.25) is 9.59 Å². The maximum Gasteiger partial charge on any atom is 0.334 e. The summed E-state index contributed by atoms with van der Waals surface area (Å²) in [5, 5.41) is 5.97. The number of fused-ring (bicyclic) bond motifs is 1. The Morgan fingerprint density at radius 2 is 1.85 bits per heavy atom. The Hall–Kier alpha value is -3.94. The second kappa shape index (κ2) is 12.7. The number of ether oxygens (including phenoxy) is 1. The van der Waals surface area contributed by atoms with Crippen LogP contribution in [-0.2, 0) is 27.5 Å². The van der Waals surface area contributed by atoms with Crippen LogP contribution in [0.5, 0.6) is 0 Å². The zero-order valence-electron chi connectivity index (χ0n) is 22.3. The molecule has 4 amide bonds. The fourth-order valence-electron chi connectivity index (χ4n) is 4.99. The SMILES string of the molecule is C#CCN1CC(=O)N2[C@@H](C(C)C)C(=O)N(CCOCc3ccc(F)cc3)C[C@@H]2N1C(=O)NCc1ccccc1. The number of benzene rings is 2. The zero-order valence-corrected chi connectivity index (χ0v) is 22.3. The van der Waals surface area contributed by atoms with Gasteiger partial charge in [-0.05, 0) is 29.2 Å². The number of piperazine rings is 1. The van der Waals surface area contributed by atoms with Crippen molar-refractivity contribution in [2.24, 2.45) is 5.92 Å². The van der Waals surface area contributed by atoms with Crippen molar-refractivity contribution in [2.75, 3.05) is 32.8 Å². The Morgan fingerprint density at radius 3 is 2.51 bits per heavy atom. The van der Waals surface area contributed by atoms with Crippen LogP contribution in [0.15, 0.2) is 54.6 Å². The molecule has 0 aliphatic carbocycles. The fourth-order valence-corrected chi connectivity index (χ4v) is 4.99. The van der Waals surface area contributed by atoms with E-state index in [1.165, 1.54) is 22.0 Å². The lowest BCUT2D eigenvalue weighted by Crippen LogP contribution is -2.77. The van der Waals surface area contributed by atoms with Gasteiger partial charge < -0.3 is 19.9 Å². The molecule has 2 aromatic carbocycles. The highest BCUT2D eigenvalue weighted by Gasteiger charge is 2.52. The molecule has 2 fully saturated rings. The number of hydrazine groups is 1. The minimum Gasteiger partial charge on any atom is -0.375 e. The Kier molecular flexibility index (Phi) is 9.17. The molecule has 2 heterocycles. The van der Waals surface area contributed by atoms with Gasteiger partial charge in [0.15, 0.2) is 0 Å². The molecule has 9 nitrogen and oxygen atoms in total. The summed E-state index contributed by atoms with van der Waals surface area (Å²) in [6.45, 7) is 4.94. The highest BCUT2D eigenvalue weighted by molar-refractivity contribution is 5.91. The van der Waals surface area contributed by atoms with E-state index in [1.54, 1.807) is 22.0 Å². The molecule has 0 bridgehead atoms. The van der Waals surface area contributed by atoms with Gasteiger partial charge in [0.1, 0.15) is 18.0 Å². The number of nitrogens with zero attached hydrogens (tertiary/aromatic N) is 4. The second-order valence-corrected chi connectivity index (χ2v) is 9.95. The second-order valence-electron chi connectivity index (χ2n) is 9.95. The third-order valence-electron chi connectivity index (χ3n) is 6.85. The average molecular weight is 536 g/mol. The number of hydrogen-bond donors (Lipinski definition) is 1. The monoisotopic (exact) mass is 535 g/mol. The molecule has 1 N–H and O–H groups in total. The predicted octanol–water partition coefficient (Wildman–Crippen LogP) is 2.44. The highest BCUT2D eigenvalue weighted by atomic mass is 19.1. The Bertz CT molecular complexity index is 1200. The van der Waals surface area contributed by atoms with Gasteiger partial charge in [-0.25, -0.2) is 14.2 Å². The van der Waals surface area contributed by atoms with E-state index in [9.17, 15) is 18.8 Å². The van der Waals surface area contributed by atoms with Crippen LogP contribution in [0.4, 0.5) is 9.18 Å². The summed E-state index contributed by atoms with van der Waals surface area (Å²) in [6, 6.07) is 14.4. The minimum atomic E-state index is -0.731. The summed E-state index contributed by atoms with van der Waals surface area (Å²) in [5.74, 6) is 1.60. The summed E-state index contributed by atoms with van der Waals surface area (Å²) in [6.07, 6.45) is 4.86. The summed E-state index contributed by atoms with van der Waals surface area (Å²) in [7, 11) is 0. The quantitative estimate of drug-likeness (QED) is 0.394. The molecule has 0 spiro atoms. The number of urea groups is 1. The van der Waals surface area contributed by atoms with Crippen molar-refractivity contribution in [3.63, 3.8) is 0 Å². The molecule has 0 aromatic heterocycles. The number of carbonyl (C=O) groups excluding carboxylic acids is 3. The standard InChI is InChI=1S/C29H34FN5O4/c1-4-14-33-19-26(36)34-25(35(33)29(38)31-17-22-8-6-5-7-9-22)18-32(28(37)27(34)21(2)3)15-16-39-20-23-10-12-24(30)13-11-23/h1,5-13,21,25,27H,14-20H2,2-3H3,(H,31,38)/t25-,27-/m0/s1. The third kappa shape index (κ3) is 6.56. The molecule has 0 radical (unpaired) electrons. The van der Waals surface area contributed by atoms with Crippen LogP contribution in [-0.4, -0.2) is 82.7 Å². The van der Waals surface area contributed by atoms with Crippen molar-refractivity contribution in [1.82, 2.24) is 25.1 Å². The Balaban J connectivity index is 1.51. The first-order valence-electron chi connectivity index (χ1n) is 13.0. The maximum absolute atomic E-state index is 13.5. The van der Waals surface area contributed by atoms with E-state index in [2.05, 4.69) is 11.2 Å².